The molecular formula is C23H22N2OS. The predicted octanol–water partition coefficient (Wildman–Crippen LogP) is 5.51. The first-order chi connectivity index (χ1) is 13.1. The second-order valence-corrected chi connectivity index (χ2v) is 8.08. The number of carbonyl (C=O) groups excluding carboxylic acids is 1. The van der Waals surface area contributed by atoms with E-state index in [4.69, 9.17) is 0 Å². The molecule has 4 heteroatoms. The quantitative estimate of drug-likeness (QED) is 0.654. The Labute approximate surface area is 163 Å². The molecule has 3 nitrogen and oxygen atoms in total. The topological polar surface area (TPSA) is 42.0 Å². The third-order valence-corrected chi connectivity index (χ3v) is 6.03. The highest BCUT2D eigenvalue weighted by Crippen LogP contribution is 2.51. The fraction of sp³-hybridized carbons (Fsp3) is 0.217. The highest BCUT2D eigenvalue weighted by Gasteiger charge is 2.48. The summed E-state index contributed by atoms with van der Waals surface area (Å²) in [6, 6.07) is 16.9. The molecule has 1 aromatic heterocycles. The fourth-order valence-electron chi connectivity index (χ4n) is 4.11. The van der Waals surface area contributed by atoms with E-state index in [1.54, 1.807) is 6.20 Å². The van der Waals surface area contributed by atoms with Crippen molar-refractivity contribution in [3.63, 3.8) is 0 Å². The molecule has 0 radical (unpaired) electrons. The average molecular weight is 375 g/mol. The van der Waals surface area contributed by atoms with Gasteiger partial charge >= 0.3 is 0 Å². The van der Waals surface area contributed by atoms with Crippen LogP contribution in [0.5, 0.6) is 0 Å². The number of anilines is 1. The van der Waals surface area contributed by atoms with E-state index in [9.17, 15) is 4.79 Å². The van der Waals surface area contributed by atoms with E-state index in [2.05, 4.69) is 53.6 Å². The minimum Gasteiger partial charge on any atom is -0.301 e. The third kappa shape index (κ3) is 3.21. The first-order valence-corrected chi connectivity index (χ1v) is 10.0. The third-order valence-electron chi connectivity index (χ3n) is 5.34. The lowest BCUT2D eigenvalue weighted by Crippen LogP contribution is -2.37. The number of benzene rings is 2. The molecule has 0 fully saturated rings. The fourth-order valence-corrected chi connectivity index (χ4v) is 4.63. The van der Waals surface area contributed by atoms with Gasteiger partial charge in [-0.3, -0.25) is 4.79 Å². The van der Waals surface area contributed by atoms with Crippen molar-refractivity contribution in [3.8, 4) is 0 Å². The van der Waals surface area contributed by atoms with Crippen LogP contribution in [0.3, 0.4) is 0 Å². The number of carbonyl (C=O) groups is 1. The minimum atomic E-state index is -0.566. The lowest BCUT2D eigenvalue weighted by Gasteiger charge is -2.31. The van der Waals surface area contributed by atoms with Crippen LogP contribution in [0.1, 0.15) is 42.0 Å². The summed E-state index contributed by atoms with van der Waals surface area (Å²) in [5.74, 6) is 0.0361. The maximum Gasteiger partial charge on any atom is 0.233 e. The summed E-state index contributed by atoms with van der Waals surface area (Å²) in [6.45, 7) is 4.09. The molecule has 27 heavy (non-hydrogen) atoms. The molecule has 136 valence electrons. The van der Waals surface area contributed by atoms with Crippen molar-refractivity contribution in [2.24, 2.45) is 5.41 Å². The first kappa shape index (κ1) is 17.7. The van der Waals surface area contributed by atoms with E-state index < -0.39 is 5.41 Å². The van der Waals surface area contributed by atoms with E-state index in [0.29, 0.717) is 5.13 Å². The van der Waals surface area contributed by atoms with Crippen molar-refractivity contribution in [3.05, 3.63) is 88.4 Å². The molecule has 0 aliphatic heterocycles. The summed E-state index contributed by atoms with van der Waals surface area (Å²) >= 11 is 1.45. The molecule has 2 aromatic carbocycles. The number of nitrogens with zero attached hydrogens (tertiary/aromatic N) is 1. The normalized spacial score (nSPS) is 21.3. The number of aromatic nitrogens is 1. The smallest absolute Gasteiger partial charge is 0.233 e. The average Bonchev–Trinajstić information content (AvgIpc) is 3.28. The van der Waals surface area contributed by atoms with Gasteiger partial charge in [-0.25, -0.2) is 4.98 Å². The number of nitrogens with one attached hydrogen (secondary N) is 1. The van der Waals surface area contributed by atoms with E-state index in [1.165, 1.54) is 33.6 Å². The number of rotatable bonds is 4. The highest BCUT2D eigenvalue weighted by atomic mass is 32.1. The Hall–Kier alpha value is -2.72. The van der Waals surface area contributed by atoms with Crippen molar-refractivity contribution in [1.29, 1.82) is 0 Å². The molecule has 3 aromatic rings. The summed E-state index contributed by atoms with van der Waals surface area (Å²) in [6.07, 6.45) is 6.58. The number of fused-ring (bicyclic) bond motifs is 1. The summed E-state index contributed by atoms with van der Waals surface area (Å²) in [5, 5.41) is 5.56. The van der Waals surface area contributed by atoms with Crippen LogP contribution in [0.15, 0.2) is 66.2 Å². The zero-order valence-corrected chi connectivity index (χ0v) is 16.3. The summed E-state index contributed by atoms with van der Waals surface area (Å²) in [7, 11) is 0. The maximum absolute atomic E-state index is 13.3. The van der Waals surface area contributed by atoms with E-state index in [1.807, 2.05) is 36.6 Å². The summed E-state index contributed by atoms with van der Waals surface area (Å²) in [4.78, 5) is 17.6. The van der Waals surface area contributed by atoms with Crippen LogP contribution < -0.4 is 5.32 Å². The van der Waals surface area contributed by atoms with Crippen LogP contribution in [-0.2, 0) is 11.2 Å². The van der Waals surface area contributed by atoms with E-state index in [0.717, 1.165) is 6.42 Å². The van der Waals surface area contributed by atoms with Gasteiger partial charge < -0.3 is 5.32 Å². The van der Waals surface area contributed by atoms with Crippen molar-refractivity contribution in [1.82, 2.24) is 4.98 Å². The molecule has 1 heterocycles. The Kier molecular flexibility index (Phi) is 4.66. The van der Waals surface area contributed by atoms with Crippen molar-refractivity contribution in [2.45, 2.75) is 26.2 Å². The lowest BCUT2D eigenvalue weighted by atomic mass is 9.73. The summed E-state index contributed by atoms with van der Waals surface area (Å²) in [5.41, 5.74) is 4.26. The van der Waals surface area contributed by atoms with Crippen LogP contribution in [-0.4, -0.2) is 10.9 Å². The Morgan fingerprint density at radius 3 is 2.78 bits per heavy atom. The first-order valence-electron chi connectivity index (χ1n) is 9.13. The number of thiazole rings is 1. The zero-order valence-electron chi connectivity index (χ0n) is 15.5. The van der Waals surface area contributed by atoms with Crippen molar-refractivity contribution in [2.75, 3.05) is 5.32 Å². The number of allylic oxidation sites excluding steroid dienone is 1. The predicted molar refractivity (Wildman–Crippen MR) is 112 cm³/mol. The molecule has 0 saturated heterocycles. The van der Waals surface area contributed by atoms with Gasteiger partial charge in [0.2, 0.25) is 5.91 Å². The number of amides is 1. The monoisotopic (exact) mass is 374 g/mol. The Bertz CT molecular complexity index is 979. The number of hydrogen-bond acceptors (Lipinski definition) is 3. The van der Waals surface area contributed by atoms with Crippen molar-refractivity contribution >= 4 is 28.5 Å². The largest absolute Gasteiger partial charge is 0.301 e. The minimum absolute atomic E-state index is 0.0128. The molecule has 0 unspecified atom stereocenters. The van der Waals surface area contributed by atoms with Gasteiger partial charge in [-0.1, -0.05) is 60.7 Å². The van der Waals surface area contributed by atoms with Crippen molar-refractivity contribution < 1.29 is 4.79 Å². The Morgan fingerprint density at radius 2 is 2.07 bits per heavy atom. The van der Waals surface area contributed by atoms with Crippen LogP contribution in [0, 0.1) is 5.41 Å². The SMILES string of the molecule is C/C=C/c1ccc2c(c1)[C@@H](c1ccccc1)[C@@](C)(C(=O)Nc1nccs1)C2. The number of hydrogen-bond donors (Lipinski definition) is 1. The molecule has 0 bridgehead atoms. The summed E-state index contributed by atoms with van der Waals surface area (Å²) < 4.78 is 0. The molecule has 0 saturated carbocycles. The highest BCUT2D eigenvalue weighted by molar-refractivity contribution is 7.13. The molecule has 2 atom stereocenters. The van der Waals surface area contributed by atoms with Gasteiger partial charge in [-0.15, -0.1) is 11.3 Å². The molecular weight excluding hydrogens is 352 g/mol. The molecule has 1 amide bonds. The second-order valence-electron chi connectivity index (χ2n) is 7.19. The van der Waals surface area contributed by atoms with E-state index in [-0.39, 0.29) is 11.8 Å². The van der Waals surface area contributed by atoms with E-state index >= 15 is 0 Å². The Balaban J connectivity index is 1.80. The molecule has 1 N–H and O–H groups in total. The second kappa shape index (κ2) is 7.12. The van der Waals surface area contributed by atoms with Crippen LogP contribution in [0.25, 0.3) is 6.08 Å². The lowest BCUT2D eigenvalue weighted by molar-refractivity contribution is -0.125. The van der Waals surface area contributed by atoms with Gasteiger partial charge in [0.25, 0.3) is 0 Å². The zero-order chi connectivity index (χ0) is 18.9. The van der Waals surface area contributed by atoms with Gasteiger partial charge in [-0.2, -0.15) is 0 Å². The van der Waals surface area contributed by atoms with Gasteiger partial charge in [0, 0.05) is 17.5 Å². The molecule has 1 aliphatic carbocycles. The van der Waals surface area contributed by atoms with Crippen LogP contribution in [0.4, 0.5) is 5.13 Å². The standard InChI is InChI=1S/C23H22N2OS/c1-3-7-16-10-11-18-15-23(2,21(26)25-22-24-12-13-27-22)20(19(18)14-16)17-8-5-4-6-9-17/h3-14,20H,15H2,1-2H3,(H,24,25,26)/b7-3+/t20-,23+/m1/s1. The van der Waals surface area contributed by atoms with Gasteiger partial charge in [0.05, 0.1) is 5.41 Å². The molecule has 0 spiro atoms. The molecule has 1 aliphatic rings. The van der Waals surface area contributed by atoms with Crippen LogP contribution >= 0.6 is 11.3 Å². The van der Waals surface area contributed by atoms with Gasteiger partial charge in [0.1, 0.15) is 0 Å². The van der Waals surface area contributed by atoms with Gasteiger partial charge in [0.15, 0.2) is 5.13 Å². The van der Waals surface area contributed by atoms with Gasteiger partial charge in [-0.05, 0) is 42.5 Å². The maximum atomic E-state index is 13.3. The van der Waals surface area contributed by atoms with Crippen LogP contribution in [0.2, 0.25) is 0 Å². The molecule has 4 rings (SSSR count). The Morgan fingerprint density at radius 1 is 1.26 bits per heavy atom.